The van der Waals surface area contributed by atoms with Crippen molar-refractivity contribution in [3.8, 4) is 11.5 Å². The molecule has 0 saturated carbocycles. The molecule has 2 rings (SSSR count). The monoisotopic (exact) mass is 241 g/mol. The first kappa shape index (κ1) is 12.7. The van der Waals surface area contributed by atoms with Crippen LogP contribution in [0.2, 0.25) is 0 Å². The fourth-order valence-corrected chi connectivity index (χ4v) is 2.02. The molecule has 0 saturated heterocycles. The third kappa shape index (κ3) is 2.54. The predicted octanol–water partition coefficient (Wildman–Crippen LogP) is 4.12. The Bertz CT molecular complexity index is 526. The lowest BCUT2D eigenvalue weighted by Crippen LogP contribution is -2.06. The highest BCUT2D eigenvalue weighted by molar-refractivity contribution is 5.45. The first-order chi connectivity index (χ1) is 8.59. The fourth-order valence-electron chi connectivity index (χ4n) is 2.02. The van der Waals surface area contributed by atoms with E-state index in [2.05, 4.69) is 26.0 Å². The average Bonchev–Trinajstić information content (AvgIpc) is 2.34. The zero-order valence-corrected chi connectivity index (χ0v) is 11.1. The van der Waals surface area contributed by atoms with Gasteiger partial charge in [0.05, 0.1) is 0 Å². The summed E-state index contributed by atoms with van der Waals surface area (Å²) in [6, 6.07) is 14.0. The zero-order valence-electron chi connectivity index (χ0n) is 11.1. The van der Waals surface area contributed by atoms with Crippen LogP contribution in [0.4, 0.5) is 0 Å². The summed E-state index contributed by atoms with van der Waals surface area (Å²) in [5, 5.41) is 0. The van der Waals surface area contributed by atoms with Gasteiger partial charge < -0.3 is 10.5 Å². The van der Waals surface area contributed by atoms with Crippen LogP contribution >= 0.6 is 0 Å². The summed E-state index contributed by atoms with van der Waals surface area (Å²) in [6.45, 7) is 6.07. The predicted molar refractivity (Wildman–Crippen MR) is 75.0 cm³/mol. The molecule has 0 heterocycles. The van der Waals surface area contributed by atoms with Crippen LogP contribution in [0.1, 0.15) is 29.7 Å². The number of rotatable bonds is 3. The summed E-state index contributed by atoms with van der Waals surface area (Å²) in [7, 11) is 0. The van der Waals surface area contributed by atoms with Crippen molar-refractivity contribution in [1.82, 2.24) is 0 Å². The first-order valence-electron chi connectivity index (χ1n) is 6.18. The quantitative estimate of drug-likeness (QED) is 0.877. The lowest BCUT2D eigenvalue weighted by molar-refractivity contribution is 0.465. The van der Waals surface area contributed by atoms with Gasteiger partial charge in [0.25, 0.3) is 0 Å². The van der Waals surface area contributed by atoms with Crippen molar-refractivity contribution in [1.29, 1.82) is 0 Å². The molecule has 2 nitrogen and oxygen atoms in total. The van der Waals surface area contributed by atoms with Gasteiger partial charge in [0.1, 0.15) is 11.5 Å². The van der Waals surface area contributed by atoms with Gasteiger partial charge in [-0.05, 0) is 38.0 Å². The maximum atomic E-state index is 6.05. The normalized spacial score (nSPS) is 12.2. The van der Waals surface area contributed by atoms with E-state index in [1.54, 1.807) is 0 Å². The molecule has 0 bridgehead atoms. The Kier molecular flexibility index (Phi) is 3.68. The van der Waals surface area contributed by atoms with Gasteiger partial charge in [0.2, 0.25) is 0 Å². The Labute approximate surface area is 108 Å². The molecule has 0 aliphatic carbocycles. The SMILES string of the molecule is Cc1cccc(C)c1Oc1ccccc1[C@@H](C)N. The van der Waals surface area contributed by atoms with Crippen LogP contribution < -0.4 is 10.5 Å². The number of aryl methyl sites for hydroxylation is 2. The summed E-state index contributed by atoms with van der Waals surface area (Å²) in [5.41, 5.74) is 9.26. The van der Waals surface area contributed by atoms with Gasteiger partial charge >= 0.3 is 0 Å². The third-order valence-corrected chi connectivity index (χ3v) is 3.03. The number of benzene rings is 2. The molecule has 0 fully saturated rings. The molecule has 0 aromatic heterocycles. The maximum Gasteiger partial charge on any atom is 0.133 e. The number of hydrogen-bond donors (Lipinski definition) is 1. The van der Waals surface area contributed by atoms with E-state index in [0.717, 1.165) is 28.2 Å². The maximum absolute atomic E-state index is 6.05. The molecular formula is C16H19NO. The minimum absolute atomic E-state index is 0.0366. The van der Waals surface area contributed by atoms with E-state index in [1.807, 2.05) is 37.3 Å². The summed E-state index contributed by atoms with van der Waals surface area (Å²) >= 11 is 0. The van der Waals surface area contributed by atoms with Crippen molar-refractivity contribution in [2.75, 3.05) is 0 Å². The van der Waals surface area contributed by atoms with E-state index in [0.29, 0.717) is 0 Å². The minimum atomic E-state index is -0.0366. The Morgan fingerprint density at radius 3 is 2.17 bits per heavy atom. The summed E-state index contributed by atoms with van der Waals surface area (Å²) < 4.78 is 6.05. The highest BCUT2D eigenvalue weighted by Crippen LogP contribution is 2.32. The van der Waals surface area contributed by atoms with Crippen LogP contribution in [0, 0.1) is 13.8 Å². The largest absolute Gasteiger partial charge is 0.456 e. The van der Waals surface area contributed by atoms with Crippen molar-refractivity contribution >= 4 is 0 Å². The molecule has 0 radical (unpaired) electrons. The molecule has 2 aromatic rings. The van der Waals surface area contributed by atoms with Gasteiger partial charge in [0, 0.05) is 11.6 Å². The molecule has 94 valence electrons. The van der Waals surface area contributed by atoms with Gasteiger partial charge in [-0.15, -0.1) is 0 Å². The van der Waals surface area contributed by atoms with Gasteiger partial charge in [-0.2, -0.15) is 0 Å². The van der Waals surface area contributed by atoms with Crippen LogP contribution in [-0.4, -0.2) is 0 Å². The Balaban J connectivity index is 2.40. The molecule has 18 heavy (non-hydrogen) atoms. The molecule has 0 spiro atoms. The molecular weight excluding hydrogens is 222 g/mol. The Morgan fingerprint density at radius 2 is 1.56 bits per heavy atom. The molecule has 2 N–H and O–H groups in total. The standard InChI is InChI=1S/C16H19NO/c1-11-7-6-8-12(2)16(11)18-15-10-5-4-9-14(15)13(3)17/h4-10,13H,17H2,1-3H3/t13-/m1/s1. The lowest BCUT2D eigenvalue weighted by atomic mass is 10.1. The van der Waals surface area contributed by atoms with E-state index in [4.69, 9.17) is 10.5 Å². The Morgan fingerprint density at radius 1 is 0.944 bits per heavy atom. The summed E-state index contributed by atoms with van der Waals surface area (Å²) in [5.74, 6) is 1.76. The van der Waals surface area contributed by atoms with Gasteiger partial charge in [-0.3, -0.25) is 0 Å². The van der Waals surface area contributed by atoms with E-state index in [1.165, 1.54) is 0 Å². The lowest BCUT2D eigenvalue weighted by Gasteiger charge is -2.16. The van der Waals surface area contributed by atoms with Crippen molar-refractivity contribution < 1.29 is 4.74 Å². The van der Waals surface area contributed by atoms with Crippen LogP contribution in [0.15, 0.2) is 42.5 Å². The smallest absolute Gasteiger partial charge is 0.133 e. The van der Waals surface area contributed by atoms with Crippen molar-refractivity contribution in [3.05, 3.63) is 59.2 Å². The second-order valence-corrected chi connectivity index (χ2v) is 4.65. The average molecular weight is 241 g/mol. The van der Waals surface area contributed by atoms with Gasteiger partial charge in [-0.1, -0.05) is 36.4 Å². The first-order valence-corrected chi connectivity index (χ1v) is 6.18. The molecule has 0 unspecified atom stereocenters. The van der Waals surface area contributed by atoms with E-state index in [-0.39, 0.29) is 6.04 Å². The van der Waals surface area contributed by atoms with Gasteiger partial charge in [0.15, 0.2) is 0 Å². The van der Waals surface area contributed by atoms with Crippen LogP contribution in [-0.2, 0) is 0 Å². The van der Waals surface area contributed by atoms with Crippen molar-refractivity contribution in [2.24, 2.45) is 5.73 Å². The molecule has 0 aliphatic heterocycles. The second kappa shape index (κ2) is 5.23. The molecule has 2 aromatic carbocycles. The highest BCUT2D eigenvalue weighted by Gasteiger charge is 2.10. The van der Waals surface area contributed by atoms with Crippen LogP contribution in [0.5, 0.6) is 11.5 Å². The molecule has 2 heteroatoms. The molecule has 0 amide bonds. The van der Waals surface area contributed by atoms with Crippen LogP contribution in [0.3, 0.4) is 0 Å². The number of nitrogens with two attached hydrogens (primary N) is 1. The highest BCUT2D eigenvalue weighted by atomic mass is 16.5. The van der Waals surface area contributed by atoms with Crippen molar-refractivity contribution in [2.45, 2.75) is 26.8 Å². The van der Waals surface area contributed by atoms with E-state index >= 15 is 0 Å². The minimum Gasteiger partial charge on any atom is -0.456 e. The summed E-state index contributed by atoms with van der Waals surface area (Å²) in [4.78, 5) is 0. The second-order valence-electron chi connectivity index (χ2n) is 4.65. The number of hydrogen-bond acceptors (Lipinski definition) is 2. The van der Waals surface area contributed by atoms with Gasteiger partial charge in [-0.25, -0.2) is 0 Å². The number of ether oxygens (including phenoxy) is 1. The zero-order chi connectivity index (χ0) is 13.1. The van der Waals surface area contributed by atoms with E-state index < -0.39 is 0 Å². The third-order valence-electron chi connectivity index (χ3n) is 3.03. The van der Waals surface area contributed by atoms with Crippen LogP contribution in [0.25, 0.3) is 0 Å². The van der Waals surface area contributed by atoms with E-state index in [9.17, 15) is 0 Å². The fraction of sp³-hybridized carbons (Fsp3) is 0.250. The Hall–Kier alpha value is -1.80. The molecule has 1 atom stereocenters. The number of para-hydroxylation sites is 2. The molecule has 0 aliphatic rings. The topological polar surface area (TPSA) is 35.2 Å². The summed E-state index contributed by atoms with van der Waals surface area (Å²) in [6.07, 6.45) is 0. The van der Waals surface area contributed by atoms with Crippen molar-refractivity contribution in [3.63, 3.8) is 0 Å².